The molecule has 4 heteroatoms. The summed E-state index contributed by atoms with van der Waals surface area (Å²) in [5.74, 6) is -0.958. The van der Waals surface area contributed by atoms with Crippen LogP contribution in [0, 0.1) is 12.7 Å². The molecule has 0 unspecified atom stereocenters. The second-order valence-corrected chi connectivity index (χ2v) is 4.37. The van der Waals surface area contributed by atoms with E-state index in [1.807, 2.05) is 31.2 Å². The lowest BCUT2D eigenvalue weighted by Gasteiger charge is -2.08. The monoisotopic (exact) mass is 258 g/mol. The largest absolute Gasteiger partial charge is 0.396 e. The topological polar surface area (TPSA) is 55.1 Å². The molecule has 0 heterocycles. The predicted molar refractivity (Wildman–Crippen MR) is 73.2 cm³/mol. The average Bonchev–Trinajstić information content (AvgIpc) is 2.41. The first-order chi connectivity index (χ1) is 9.08. The summed E-state index contributed by atoms with van der Waals surface area (Å²) in [6.07, 6.45) is 0. The quantitative estimate of drug-likeness (QED) is 0.831. The summed E-state index contributed by atoms with van der Waals surface area (Å²) in [5.41, 5.74) is 7.71. The molecule has 0 aromatic heterocycles. The van der Waals surface area contributed by atoms with Crippen molar-refractivity contribution in [2.75, 3.05) is 5.73 Å². The van der Waals surface area contributed by atoms with Gasteiger partial charge in [0.15, 0.2) is 0 Å². The van der Waals surface area contributed by atoms with Gasteiger partial charge < -0.3 is 11.1 Å². The van der Waals surface area contributed by atoms with Crippen molar-refractivity contribution < 1.29 is 9.18 Å². The molecule has 2 aromatic carbocycles. The summed E-state index contributed by atoms with van der Waals surface area (Å²) in [5, 5.41) is 2.72. The molecule has 1 amide bonds. The number of carbonyl (C=O) groups excluding carboxylic acids is 1. The third-order valence-corrected chi connectivity index (χ3v) is 2.87. The minimum absolute atomic E-state index is 0.121. The van der Waals surface area contributed by atoms with Crippen LogP contribution in [0.1, 0.15) is 21.5 Å². The van der Waals surface area contributed by atoms with Gasteiger partial charge in [-0.15, -0.1) is 0 Å². The Morgan fingerprint density at radius 3 is 2.58 bits per heavy atom. The summed E-state index contributed by atoms with van der Waals surface area (Å²) in [6, 6.07) is 12.0. The number of halogens is 1. The van der Waals surface area contributed by atoms with E-state index in [0.29, 0.717) is 6.54 Å². The van der Waals surface area contributed by atoms with Gasteiger partial charge in [-0.25, -0.2) is 4.39 Å². The molecule has 0 aliphatic heterocycles. The van der Waals surface area contributed by atoms with Crippen LogP contribution < -0.4 is 11.1 Å². The number of nitrogens with one attached hydrogen (secondary N) is 1. The second-order valence-electron chi connectivity index (χ2n) is 4.37. The lowest BCUT2D eigenvalue weighted by Crippen LogP contribution is -2.24. The SMILES string of the molecule is Cc1ccc(CNC(=O)c2cccc(F)c2N)cc1. The fourth-order valence-electron chi connectivity index (χ4n) is 1.72. The first kappa shape index (κ1) is 13.1. The molecule has 0 saturated heterocycles. The Balaban J connectivity index is 2.05. The molecule has 3 N–H and O–H groups in total. The fourth-order valence-corrected chi connectivity index (χ4v) is 1.72. The molecule has 0 saturated carbocycles. The van der Waals surface area contributed by atoms with Gasteiger partial charge in [-0.1, -0.05) is 35.9 Å². The number of amides is 1. The Hall–Kier alpha value is -2.36. The van der Waals surface area contributed by atoms with Crippen LogP contribution in [0.2, 0.25) is 0 Å². The number of aryl methyl sites for hydroxylation is 1. The van der Waals surface area contributed by atoms with Crippen LogP contribution in [-0.4, -0.2) is 5.91 Å². The van der Waals surface area contributed by atoms with E-state index in [0.717, 1.165) is 11.1 Å². The fraction of sp³-hybridized carbons (Fsp3) is 0.133. The maximum absolute atomic E-state index is 13.2. The normalized spacial score (nSPS) is 10.2. The average molecular weight is 258 g/mol. The summed E-state index contributed by atoms with van der Waals surface area (Å²) in [7, 11) is 0. The van der Waals surface area contributed by atoms with E-state index in [-0.39, 0.29) is 17.2 Å². The van der Waals surface area contributed by atoms with Gasteiger partial charge in [-0.05, 0) is 24.6 Å². The van der Waals surface area contributed by atoms with Crippen LogP contribution in [0.5, 0.6) is 0 Å². The van der Waals surface area contributed by atoms with Gasteiger partial charge in [-0.3, -0.25) is 4.79 Å². The Morgan fingerprint density at radius 1 is 1.21 bits per heavy atom. The van der Waals surface area contributed by atoms with Gasteiger partial charge in [0.25, 0.3) is 5.91 Å². The van der Waals surface area contributed by atoms with Crippen LogP contribution in [-0.2, 0) is 6.54 Å². The Kier molecular flexibility index (Phi) is 3.80. The van der Waals surface area contributed by atoms with Crippen molar-refractivity contribution in [2.45, 2.75) is 13.5 Å². The van der Waals surface area contributed by atoms with Crippen molar-refractivity contribution >= 4 is 11.6 Å². The molecule has 0 atom stereocenters. The van der Waals surface area contributed by atoms with E-state index in [2.05, 4.69) is 5.32 Å². The number of hydrogen-bond acceptors (Lipinski definition) is 2. The Bertz CT molecular complexity index is 594. The standard InChI is InChI=1S/C15H15FN2O/c1-10-5-7-11(8-6-10)9-18-15(19)12-3-2-4-13(16)14(12)17/h2-8H,9,17H2,1H3,(H,18,19). The van der Waals surface area contributed by atoms with Crippen LogP contribution in [0.4, 0.5) is 10.1 Å². The molecule has 3 nitrogen and oxygen atoms in total. The lowest BCUT2D eigenvalue weighted by molar-refractivity contribution is 0.0951. The third kappa shape index (κ3) is 3.10. The predicted octanol–water partition coefficient (Wildman–Crippen LogP) is 2.65. The first-order valence-electron chi connectivity index (χ1n) is 5.95. The molecule has 0 radical (unpaired) electrons. The van der Waals surface area contributed by atoms with Gasteiger partial charge >= 0.3 is 0 Å². The van der Waals surface area contributed by atoms with E-state index in [9.17, 15) is 9.18 Å². The molecule has 19 heavy (non-hydrogen) atoms. The number of hydrogen-bond donors (Lipinski definition) is 2. The molecule has 2 aromatic rings. The number of benzene rings is 2. The van der Waals surface area contributed by atoms with Crippen molar-refractivity contribution in [3.05, 3.63) is 65.0 Å². The van der Waals surface area contributed by atoms with Crippen LogP contribution in [0.25, 0.3) is 0 Å². The Morgan fingerprint density at radius 2 is 1.89 bits per heavy atom. The highest BCUT2D eigenvalue weighted by atomic mass is 19.1. The first-order valence-corrected chi connectivity index (χ1v) is 5.95. The smallest absolute Gasteiger partial charge is 0.253 e. The van der Waals surface area contributed by atoms with Crippen molar-refractivity contribution in [2.24, 2.45) is 0 Å². The van der Waals surface area contributed by atoms with E-state index in [1.54, 1.807) is 0 Å². The highest BCUT2D eigenvalue weighted by Gasteiger charge is 2.11. The van der Waals surface area contributed by atoms with Crippen LogP contribution in [0.15, 0.2) is 42.5 Å². The highest BCUT2D eigenvalue weighted by Crippen LogP contribution is 2.15. The number of para-hydroxylation sites is 1. The molecular formula is C15H15FN2O. The molecule has 0 aliphatic rings. The maximum Gasteiger partial charge on any atom is 0.253 e. The van der Waals surface area contributed by atoms with Gasteiger partial charge in [0.2, 0.25) is 0 Å². The summed E-state index contributed by atoms with van der Waals surface area (Å²) >= 11 is 0. The summed E-state index contributed by atoms with van der Waals surface area (Å²) in [6.45, 7) is 2.38. The van der Waals surface area contributed by atoms with E-state index in [1.165, 1.54) is 18.2 Å². The maximum atomic E-state index is 13.2. The highest BCUT2D eigenvalue weighted by molar-refractivity contribution is 5.99. The number of carbonyl (C=O) groups is 1. The molecule has 0 spiro atoms. The molecule has 0 fully saturated rings. The van der Waals surface area contributed by atoms with E-state index in [4.69, 9.17) is 5.73 Å². The third-order valence-electron chi connectivity index (χ3n) is 2.87. The Labute approximate surface area is 111 Å². The zero-order chi connectivity index (χ0) is 13.8. The van der Waals surface area contributed by atoms with Crippen LogP contribution in [0.3, 0.4) is 0 Å². The number of anilines is 1. The molecule has 98 valence electrons. The summed E-state index contributed by atoms with van der Waals surface area (Å²) < 4.78 is 13.2. The number of rotatable bonds is 3. The molecular weight excluding hydrogens is 243 g/mol. The van der Waals surface area contributed by atoms with Gasteiger partial charge in [0.05, 0.1) is 11.3 Å². The number of nitrogen functional groups attached to an aromatic ring is 1. The van der Waals surface area contributed by atoms with Crippen molar-refractivity contribution in [1.82, 2.24) is 5.32 Å². The van der Waals surface area contributed by atoms with Crippen molar-refractivity contribution in [3.63, 3.8) is 0 Å². The summed E-state index contributed by atoms with van der Waals surface area (Å²) in [4.78, 5) is 11.9. The number of nitrogens with two attached hydrogens (primary N) is 1. The van der Waals surface area contributed by atoms with Crippen molar-refractivity contribution in [1.29, 1.82) is 0 Å². The van der Waals surface area contributed by atoms with E-state index >= 15 is 0 Å². The van der Waals surface area contributed by atoms with Gasteiger partial charge in [-0.2, -0.15) is 0 Å². The minimum Gasteiger partial charge on any atom is -0.396 e. The van der Waals surface area contributed by atoms with Crippen molar-refractivity contribution in [3.8, 4) is 0 Å². The molecule has 0 bridgehead atoms. The van der Waals surface area contributed by atoms with Gasteiger partial charge in [0, 0.05) is 6.54 Å². The van der Waals surface area contributed by atoms with E-state index < -0.39 is 5.82 Å². The zero-order valence-corrected chi connectivity index (χ0v) is 10.6. The molecule has 2 rings (SSSR count). The minimum atomic E-state index is -0.581. The zero-order valence-electron chi connectivity index (χ0n) is 10.6. The second kappa shape index (κ2) is 5.52. The van der Waals surface area contributed by atoms with Crippen LogP contribution >= 0.6 is 0 Å². The lowest BCUT2D eigenvalue weighted by atomic mass is 10.1. The van der Waals surface area contributed by atoms with Gasteiger partial charge in [0.1, 0.15) is 5.82 Å². The molecule has 0 aliphatic carbocycles.